The topological polar surface area (TPSA) is 67.2 Å². The summed E-state index contributed by atoms with van der Waals surface area (Å²) < 4.78 is 5.71. The Morgan fingerprint density at radius 3 is 2.95 bits per heavy atom. The number of carbonyl (C=O) groups excluding carboxylic acids is 1. The Bertz CT molecular complexity index is 644. The maximum absolute atomic E-state index is 11.9. The number of anilines is 1. The Morgan fingerprint density at radius 1 is 1.43 bits per heavy atom. The molecule has 2 aromatic rings. The lowest BCUT2D eigenvalue weighted by atomic mass is 10.2. The van der Waals surface area contributed by atoms with E-state index in [1.54, 1.807) is 0 Å². The van der Waals surface area contributed by atoms with Crippen molar-refractivity contribution < 1.29 is 9.21 Å². The van der Waals surface area contributed by atoms with Gasteiger partial charge in [0.25, 0.3) is 0 Å². The summed E-state index contributed by atoms with van der Waals surface area (Å²) in [5.41, 5.74) is 2.37. The van der Waals surface area contributed by atoms with Crippen molar-refractivity contribution in [2.75, 3.05) is 11.9 Å². The van der Waals surface area contributed by atoms with Gasteiger partial charge < -0.3 is 15.1 Å². The second kappa shape index (κ2) is 5.85. The van der Waals surface area contributed by atoms with Crippen molar-refractivity contribution >= 4 is 22.7 Å². The summed E-state index contributed by atoms with van der Waals surface area (Å²) in [5, 5.41) is 6.13. The lowest BCUT2D eigenvalue weighted by Crippen LogP contribution is -2.27. The molecule has 1 saturated carbocycles. The standard InChI is InChI=1S/C16H21N3O2/c1-10(2)17-8-7-15(20)18-12-5-6-14-13(9-12)19-16(21-14)11-3-4-11/h5-6,9-11,17H,3-4,7-8H2,1-2H3,(H,18,20). The number of aromatic nitrogens is 1. The molecular formula is C16H21N3O2. The summed E-state index contributed by atoms with van der Waals surface area (Å²) in [4.78, 5) is 16.4. The van der Waals surface area contributed by atoms with Gasteiger partial charge in [0.05, 0.1) is 0 Å². The second-order valence-electron chi connectivity index (χ2n) is 5.92. The number of oxazole rings is 1. The highest BCUT2D eigenvalue weighted by atomic mass is 16.3. The molecule has 5 nitrogen and oxygen atoms in total. The van der Waals surface area contributed by atoms with Crippen LogP contribution >= 0.6 is 0 Å². The van der Waals surface area contributed by atoms with Crippen molar-refractivity contribution in [2.24, 2.45) is 0 Å². The molecule has 5 heteroatoms. The maximum atomic E-state index is 11.9. The molecule has 1 aromatic carbocycles. The highest BCUT2D eigenvalue weighted by Crippen LogP contribution is 2.40. The Labute approximate surface area is 124 Å². The van der Waals surface area contributed by atoms with E-state index in [2.05, 4.69) is 29.5 Å². The summed E-state index contributed by atoms with van der Waals surface area (Å²) >= 11 is 0. The average molecular weight is 287 g/mol. The number of hydrogen-bond donors (Lipinski definition) is 2. The van der Waals surface area contributed by atoms with Crippen LogP contribution in [0.5, 0.6) is 0 Å². The Hall–Kier alpha value is -1.88. The molecule has 0 saturated heterocycles. The van der Waals surface area contributed by atoms with E-state index in [1.165, 1.54) is 12.8 Å². The third-order valence-electron chi connectivity index (χ3n) is 3.52. The Kier molecular flexibility index (Phi) is 3.92. The summed E-state index contributed by atoms with van der Waals surface area (Å²) in [7, 11) is 0. The Balaban J connectivity index is 1.62. The molecule has 1 heterocycles. The highest BCUT2D eigenvalue weighted by Gasteiger charge is 2.28. The Morgan fingerprint density at radius 2 is 2.24 bits per heavy atom. The molecule has 1 aliphatic carbocycles. The van der Waals surface area contributed by atoms with Crippen molar-refractivity contribution in [3.8, 4) is 0 Å². The van der Waals surface area contributed by atoms with E-state index in [-0.39, 0.29) is 5.91 Å². The lowest BCUT2D eigenvalue weighted by molar-refractivity contribution is -0.116. The molecule has 0 bridgehead atoms. The normalized spacial score (nSPS) is 14.8. The first kappa shape index (κ1) is 14.1. The van der Waals surface area contributed by atoms with Crippen molar-refractivity contribution in [1.82, 2.24) is 10.3 Å². The summed E-state index contributed by atoms with van der Waals surface area (Å²) in [6.07, 6.45) is 2.79. The van der Waals surface area contributed by atoms with Gasteiger partial charge in [-0.1, -0.05) is 13.8 Å². The van der Waals surface area contributed by atoms with Crippen LogP contribution < -0.4 is 10.6 Å². The summed E-state index contributed by atoms with van der Waals surface area (Å²) in [5.74, 6) is 1.33. The molecule has 0 spiro atoms. The van der Waals surface area contributed by atoms with Crippen molar-refractivity contribution in [1.29, 1.82) is 0 Å². The van der Waals surface area contributed by atoms with E-state index in [1.807, 2.05) is 18.2 Å². The van der Waals surface area contributed by atoms with Gasteiger partial charge in [-0.15, -0.1) is 0 Å². The number of carbonyl (C=O) groups is 1. The van der Waals surface area contributed by atoms with Crippen LogP contribution in [0.2, 0.25) is 0 Å². The van der Waals surface area contributed by atoms with Gasteiger partial charge in [-0.05, 0) is 31.0 Å². The monoisotopic (exact) mass is 287 g/mol. The number of nitrogens with one attached hydrogen (secondary N) is 2. The molecule has 0 aliphatic heterocycles. The average Bonchev–Trinajstić information content (AvgIpc) is 3.18. The zero-order valence-corrected chi connectivity index (χ0v) is 12.5. The number of rotatable bonds is 6. The molecule has 112 valence electrons. The van der Waals surface area contributed by atoms with Gasteiger partial charge in [0.15, 0.2) is 11.5 Å². The minimum absolute atomic E-state index is 0.00779. The van der Waals surface area contributed by atoms with Crippen LogP contribution in [0, 0.1) is 0 Å². The van der Waals surface area contributed by atoms with Crippen LogP contribution in [-0.4, -0.2) is 23.5 Å². The predicted octanol–water partition coefficient (Wildman–Crippen LogP) is 3.03. The van der Waals surface area contributed by atoms with E-state index >= 15 is 0 Å². The zero-order chi connectivity index (χ0) is 14.8. The fourth-order valence-electron chi connectivity index (χ4n) is 2.23. The van der Waals surface area contributed by atoms with E-state index in [4.69, 9.17) is 4.42 Å². The minimum atomic E-state index is 0.00779. The van der Waals surface area contributed by atoms with Crippen molar-refractivity contribution in [3.63, 3.8) is 0 Å². The minimum Gasteiger partial charge on any atom is -0.440 e. The third-order valence-corrected chi connectivity index (χ3v) is 3.52. The van der Waals surface area contributed by atoms with E-state index in [9.17, 15) is 4.79 Å². The second-order valence-corrected chi connectivity index (χ2v) is 5.92. The zero-order valence-electron chi connectivity index (χ0n) is 12.5. The van der Waals surface area contributed by atoms with Crippen LogP contribution in [0.4, 0.5) is 5.69 Å². The summed E-state index contributed by atoms with van der Waals surface area (Å²) in [6.45, 7) is 4.81. The fraction of sp³-hybridized carbons (Fsp3) is 0.500. The lowest BCUT2D eigenvalue weighted by Gasteiger charge is -2.08. The molecule has 2 N–H and O–H groups in total. The molecule has 0 unspecified atom stereocenters. The number of amides is 1. The smallest absolute Gasteiger partial charge is 0.225 e. The molecule has 3 rings (SSSR count). The first-order chi connectivity index (χ1) is 10.1. The summed E-state index contributed by atoms with van der Waals surface area (Å²) in [6, 6.07) is 6.00. The van der Waals surface area contributed by atoms with Gasteiger partial charge in [-0.25, -0.2) is 4.98 Å². The van der Waals surface area contributed by atoms with Crippen molar-refractivity contribution in [2.45, 2.75) is 45.1 Å². The quantitative estimate of drug-likeness (QED) is 0.857. The van der Waals surface area contributed by atoms with Gasteiger partial charge in [0, 0.05) is 30.6 Å². The number of fused-ring (bicyclic) bond motifs is 1. The molecule has 0 atom stereocenters. The predicted molar refractivity (Wildman–Crippen MR) is 82.4 cm³/mol. The van der Waals surface area contributed by atoms with Crippen LogP contribution in [0.25, 0.3) is 11.1 Å². The number of hydrogen-bond acceptors (Lipinski definition) is 4. The highest BCUT2D eigenvalue weighted by molar-refractivity contribution is 5.92. The van der Waals surface area contributed by atoms with E-state index in [0.29, 0.717) is 24.9 Å². The largest absolute Gasteiger partial charge is 0.440 e. The molecule has 0 radical (unpaired) electrons. The first-order valence-electron chi connectivity index (χ1n) is 7.55. The number of nitrogens with zero attached hydrogens (tertiary/aromatic N) is 1. The molecule has 1 aliphatic rings. The van der Waals surface area contributed by atoms with Crippen LogP contribution in [0.15, 0.2) is 22.6 Å². The molecule has 1 aromatic heterocycles. The van der Waals surface area contributed by atoms with Gasteiger partial charge >= 0.3 is 0 Å². The van der Waals surface area contributed by atoms with Crippen LogP contribution in [0.1, 0.15) is 44.9 Å². The van der Waals surface area contributed by atoms with Gasteiger partial charge in [0.2, 0.25) is 5.91 Å². The fourth-order valence-corrected chi connectivity index (χ4v) is 2.23. The molecule has 1 fully saturated rings. The van der Waals surface area contributed by atoms with Crippen LogP contribution in [-0.2, 0) is 4.79 Å². The van der Waals surface area contributed by atoms with Crippen molar-refractivity contribution in [3.05, 3.63) is 24.1 Å². The SMILES string of the molecule is CC(C)NCCC(=O)Nc1ccc2oc(C3CC3)nc2c1. The van der Waals surface area contributed by atoms with Gasteiger partial charge in [0.1, 0.15) is 5.52 Å². The van der Waals surface area contributed by atoms with E-state index < -0.39 is 0 Å². The molecule has 21 heavy (non-hydrogen) atoms. The van der Waals surface area contributed by atoms with Crippen LogP contribution in [0.3, 0.4) is 0 Å². The van der Waals surface area contributed by atoms with Gasteiger partial charge in [-0.2, -0.15) is 0 Å². The molecular weight excluding hydrogens is 266 g/mol. The van der Waals surface area contributed by atoms with Gasteiger partial charge in [-0.3, -0.25) is 4.79 Å². The number of benzene rings is 1. The maximum Gasteiger partial charge on any atom is 0.225 e. The molecule has 1 amide bonds. The third kappa shape index (κ3) is 3.61. The van der Waals surface area contributed by atoms with E-state index in [0.717, 1.165) is 22.7 Å². The first-order valence-corrected chi connectivity index (χ1v) is 7.55.